The second kappa shape index (κ2) is 25.1. The van der Waals surface area contributed by atoms with E-state index in [4.69, 9.17) is 23.7 Å². The predicted octanol–water partition coefficient (Wildman–Crippen LogP) is 5.01. The Hall–Kier alpha value is -1.14. The van der Waals surface area contributed by atoms with Crippen LogP contribution in [-0.4, -0.2) is 97.9 Å². The molecule has 2 unspecified atom stereocenters. The van der Waals surface area contributed by atoms with Crippen LogP contribution in [0, 0.1) is 0 Å². The summed E-state index contributed by atoms with van der Waals surface area (Å²) >= 11 is 0. The number of methoxy groups -OCH3 is 3. The number of ketones is 1. The molecule has 7 atom stereocenters. The standard InChI is InChI=1S/C33H62O10/c1-25(35)19-15-14-18-21-26(42-33-32(41-4)31(38)30(37)28(24-34)43-33)20-16-12-10-8-6-5-7-9-11-13-17-22-27(39-2)23-29(36)40-3/h26-28,30-34,37-38H,5-24H2,1-4H3/t26?,27?,28-,30-,31+,32-,33-/m1/s1. The third-order valence-electron chi connectivity index (χ3n) is 8.49. The average molecular weight is 619 g/mol. The Morgan fingerprint density at radius 1 is 0.721 bits per heavy atom. The van der Waals surface area contributed by atoms with Gasteiger partial charge in [0.05, 0.1) is 32.3 Å². The largest absolute Gasteiger partial charge is 0.469 e. The minimum atomic E-state index is -1.24. The van der Waals surface area contributed by atoms with Crippen molar-refractivity contribution < 1.29 is 48.6 Å². The van der Waals surface area contributed by atoms with Crippen LogP contribution in [0.4, 0.5) is 0 Å². The highest BCUT2D eigenvalue weighted by molar-refractivity contribution is 5.75. The molecule has 1 fully saturated rings. The summed E-state index contributed by atoms with van der Waals surface area (Å²) in [4.78, 5) is 22.6. The van der Waals surface area contributed by atoms with Crippen LogP contribution in [0.15, 0.2) is 0 Å². The molecule has 0 aromatic carbocycles. The van der Waals surface area contributed by atoms with Gasteiger partial charge in [0, 0.05) is 20.6 Å². The molecular weight excluding hydrogens is 556 g/mol. The van der Waals surface area contributed by atoms with Gasteiger partial charge in [-0.2, -0.15) is 0 Å². The summed E-state index contributed by atoms with van der Waals surface area (Å²) < 4.78 is 27.6. The van der Waals surface area contributed by atoms with Crippen LogP contribution in [0.1, 0.15) is 129 Å². The summed E-state index contributed by atoms with van der Waals surface area (Å²) in [5, 5.41) is 30.3. The third kappa shape index (κ3) is 17.8. The topological polar surface area (TPSA) is 141 Å². The smallest absolute Gasteiger partial charge is 0.308 e. The van der Waals surface area contributed by atoms with Crippen molar-refractivity contribution in [1.29, 1.82) is 0 Å². The van der Waals surface area contributed by atoms with E-state index in [2.05, 4.69) is 0 Å². The second-order valence-electron chi connectivity index (χ2n) is 12.1. The zero-order valence-electron chi connectivity index (χ0n) is 27.4. The third-order valence-corrected chi connectivity index (χ3v) is 8.49. The Morgan fingerprint density at radius 2 is 1.21 bits per heavy atom. The number of unbranched alkanes of at least 4 members (excludes halogenated alkanes) is 12. The number of hydrogen-bond acceptors (Lipinski definition) is 10. The highest BCUT2D eigenvalue weighted by Crippen LogP contribution is 2.27. The van der Waals surface area contributed by atoms with E-state index in [0.717, 1.165) is 64.2 Å². The maximum atomic E-state index is 11.4. The monoisotopic (exact) mass is 618 g/mol. The van der Waals surface area contributed by atoms with Crippen LogP contribution in [-0.2, 0) is 33.3 Å². The SMILES string of the molecule is COC(=O)CC(CCCCCCCCCCCCCC(CCCCCC(C)=O)O[C@@H]1O[C@H](CO)[C@@H](O)[C@H](O)[C@H]1OC)OC. The van der Waals surface area contributed by atoms with Crippen LogP contribution in [0.2, 0.25) is 0 Å². The van der Waals surface area contributed by atoms with Crippen LogP contribution >= 0.6 is 0 Å². The van der Waals surface area contributed by atoms with E-state index >= 15 is 0 Å². The lowest BCUT2D eigenvalue weighted by Crippen LogP contribution is -2.60. The first-order valence-corrected chi connectivity index (χ1v) is 16.7. The number of rotatable bonds is 27. The summed E-state index contributed by atoms with van der Waals surface area (Å²) in [5.41, 5.74) is 0. The van der Waals surface area contributed by atoms with Crippen molar-refractivity contribution in [3.05, 3.63) is 0 Å². The van der Waals surface area contributed by atoms with Gasteiger partial charge in [0.2, 0.25) is 0 Å². The molecule has 0 saturated carbocycles. The normalized spacial score (nSPS) is 23.7. The highest BCUT2D eigenvalue weighted by atomic mass is 16.7. The van der Waals surface area contributed by atoms with Gasteiger partial charge in [-0.3, -0.25) is 4.79 Å². The highest BCUT2D eigenvalue weighted by Gasteiger charge is 2.45. The number of aliphatic hydroxyl groups excluding tert-OH is 3. The first kappa shape index (κ1) is 39.9. The van der Waals surface area contributed by atoms with E-state index in [9.17, 15) is 24.9 Å². The summed E-state index contributed by atoms with van der Waals surface area (Å²) in [5.74, 6) is -0.00966. The van der Waals surface area contributed by atoms with E-state index in [0.29, 0.717) is 12.8 Å². The number of hydrogen-bond donors (Lipinski definition) is 3. The molecule has 1 saturated heterocycles. The van der Waals surface area contributed by atoms with E-state index < -0.39 is 37.3 Å². The molecule has 1 heterocycles. The molecule has 1 rings (SSSR count). The molecule has 43 heavy (non-hydrogen) atoms. The molecule has 0 radical (unpaired) electrons. The van der Waals surface area contributed by atoms with E-state index in [1.807, 2.05) is 0 Å². The van der Waals surface area contributed by atoms with E-state index in [1.54, 1.807) is 14.0 Å². The van der Waals surface area contributed by atoms with Crippen molar-refractivity contribution in [3.63, 3.8) is 0 Å². The molecule has 0 aromatic heterocycles. The fourth-order valence-corrected chi connectivity index (χ4v) is 5.72. The van der Waals surface area contributed by atoms with E-state index in [1.165, 1.54) is 59.2 Å². The predicted molar refractivity (Wildman–Crippen MR) is 165 cm³/mol. The lowest BCUT2D eigenvalue weighted by Gasteiger charge is -2.42. The zero-order valence-corrected chi connectivity index (χ0v) is 27.4. The fourth-order valence-electron chi connectivity index (χ4n) is 5.72. The molecular formula is C33H62O10. The number of carbonyl (C=O) groups is 2. The Morgan fingerprint density at radius 3 is 1.65 bits per heavy atom. The Labute approximate surface area is 260 Å². The van der Waals surface area contributed by atoms with Gasteiger partial charge in [0.25, 0.3) is 0 Å². The molecule has 0 spiro atoms. The minimum absolute atomic E-state index is 0.0459. The molecule has 1 aliphatic heterocycles. The fraction of sp³-hybridized carbons (Fsp3) is 0.939. The van der Waals surface area contributed by atoms with Gasteiger partial charge in [-0.05, 0) is 32.6 Å². The van der Waals surface area contributed by atoms with Crippen LogP contribution in [0.3, 0.4) is 0 Å². The molecule has 10 nitrogen and oxygen atoms in total. The van der Waals surface area contributed by atoms with Gasteiger partial charge in [-0.1, -0.05) is 83.5 Å². The number of ether oxygens (including phenoxy) is 5. The molecule has 10 heteroatoms. The summed E-state index contributed by atoms with van der Waals surface area (Å²) in [7, 11) is 4.50. The van der Waals surface area contributed by atoms with Gasteiger partial charge in [0.15, 0.2) is 6.29 Å². The van der Waals surface area contributed by atoms with Crippen molar-refractivity contribution >= 4 is 11.8 Å². The minimum Gasteiger partial charge on any atom is -0.469 e. The maximum absolute atomic E-state index is 11.4. The van der Waals surface area contributed by atoms with Gasteiger partial charge >= 0.3 is 5.97 Å². The Bertz CT molecular complexity index is 705. The zero-order chi connectivity index (χ0) is 31.9. The number of Topliss-reactive ketones (excluding diaryl/α,β-unsaturated/α-hetero) is 1. The Balaban J connectivity index is 2.28. The van der Waals surface area contributed by atoms with Gasteiger partial charge in [-0.25, -0.2) is 0 Å². The van der Waals surface area contributed by atoms with Crippen molar-refractivity contribution in [1.82, 2.24) is 0 Å². The van der Waals surface area contributed by atoms with Crippen molar-refractivity contribution in [2.24, 2.45) is 0 Å². The van der Waals surface area contributed by atoms with Crippen molar-refractivity contribution in [2.75, 3.05) is 27.9 Å². The number of carbonyl (C=O) groups excluding carboxylic acids is 2. The molecule has 0 bridgehead atoms. The second-order valence-corrected chi connectivity index (χ2v) is 12.1. The first-order valence-electron chi connectivity index (χ1n) is 16.7. The quantitative estimate of drug-likeness (QED) is 0.0849. The molecule has 0 aliphatic carbocycles. The average Bonchev–Trinajstić information content (AvgIpc) is 2.99. The molecule has 3 N–H and O–H groups in total. The Kier molecular flexibility index (Phi) is 23.3. The van der Waals surface area contributed by atoms with Crippen LogP contribution in [0.25, 0.3) is 0 Å². The van der Waals surface area contributed by atoms with Crippen LogP contribution in [0.5, 0.6) is 0 Å². The van der Waals surface area contributed by atoms with Gasteiger partial charge in [0.1, 0.15) is 30.2 Å². The molecule has 0 aromatic rings. The summed E-state index contributed by atoms with van der Waals surface area (Å²) in [6.07, 6.45) is 14.0. The molecule has 1 aliphatic rings. The maximum Gasteiger partial charge on any atom is 0.308 e. The van der Waals surface area contributed by atoms with Gasteiger partial charge < -0.3 is 43.8 Å². The number of esters is 1. The van der Waals surface area contributed by atoms with Crippen LogP contribution < -0.4 is 0 Å². The number of aliphatic hydroxyl groups is 3. The summed E-state index contributed by atoms with van der Waals surface area (Å²) in [6.45, 7) is 1.20. The van der Waals surface area contributed by atoms with E-state index in [-0.39, 0.29) is 24.0 Å². The molecule has 0 amide bonds. The first-order chi connectivity index (χ1) is 20.8. The summed E-state index contributed by atoms with van der Waals surface area (Å²) in [6, 6.07) is 0. The van der Waals surface area contributed by atoms with Gasteiger partial charge in [-0.15, -0.1) is 0 Å². The molecule has 254 valence electrons. The lowest BCUT2D eigenvalue weighted by atomic mass is 9.98. The van der Waals surface area contributed by atoms with Crippen molar-refractivity contribution in [2.45, 2.75) is 172 Å². The lowest BCUT2D eigenvalue weighted by molar-refractivity contribution is -0.316. The van der Waals surface area contributed by atoms with Crippen molar-refractivity contribution in [3.8, 4) is 0 Å².